The first-order valence-electron chi connectivity index (χ1n) is 5.34. The van der Waals surface area contributed by atoms with Gasteiger partial charge in [-0.3, -0.25) is 0 Å². The molecule has 2 N–H and O–H groups in total. The van der Waals surface area contributed by atoms with E-state index in [0.29, 0.717) is 6.42 Å². The molecule has 5 heteroatoms. The zero-order valence-electron chi connectivity index (χ0n) is 9.68. The topological polar surface area (TPSA) is 26.0 Å². The van der Waals surface area contributed by atoms with Crippen LogP contribution >= 0.6 is 11.6 Å². The highest BCUT2D eigenvalue weighted by Gasteiger charge is 2.35. The Morgan fingerprint density at radius 1 is 1.29 bits per heavy atom. The molecule has 0 aliphatic rings. The molecule has 1 nitrogen and oxygen atoms in total. The molecule has 0 bridgehead atoms. The van der Waals surface area contributed by atoms with Gasteiger partial charge in [-0.2, -0.15) is 13.2 Å². The first-order chi connectivity index (χ1) is 7.73. The van der Waals surface area contributed by atoms with E-state index in [1.54, 1.807) is 0 Å². The summed E-state index contributed by atoms with van der Waals surface area (Å²) in [6, 6.07) is 3.05. The zero-order valence-corrected chi connectivity index (χ0v) is 10.4. The fraction of sp³-hybridized carbons (Fsp3) is 0.500. The summed E-state index contributed by atoms with van der Waals surface area (Å²) >= 11 is 5.83. The minimum atomic E-state index is -4.42. The van der Waals surface area contributed by atoms with Gasteiger partial charge in [0, 0.05) is 11.1 Å². The first-order valence-corrected chi connectivity index (χ1v) is 5.72. The van der Waals surface area contributed by atoms with Crippen molar-refractivity contribution in [2.45, 2.75) is 32.5 Å². The van der Waals surface area contributed by atoms with Crippen LogP contribution < -0.4 is 5.73 Å². The first kappa shape index (κ1) is 14.3. The lowest BCUT2D eigenvalue weighted by Crippen LogP contribution is -2.19. The van der Waals surface area contributed by atoms with Crippen molar-refractivity contribution in [2.75, 3.05) is 0 Å². The lowest BCUT2D eigenvalue weighted by molar-refractivity contribution is -0.138. The van der Waals surface area contributed by atoms with E-state index in [4.69, 9.17) is 17.3 Å². The Balaban J connectivity index is 3.21. The fourth-order valence-electron chi connectivity index (χ4n) is 1.79. The average Bonchev–Trinajstić information content (AvgIpc) is 2.14. The summed E-state index contributed by atoms with van der Waals surface area (Å²) in [4.78, 5) is 0. The molecule has 0 amide bonds. The Bertz CT molecular complexity index is 388. The Kier molecular flexibility index (Phi) is 4.44. The van der Waals surface area contributed by atoms with Gasteiger partial charge >= 0.3 is 6.18 Å². The van der Waals surface area contributed by atoms with Crippen molar-refractivity contribution in [1.29, 1.82) is 0 Å². The maximum atomic E-state index is 12.8. The highest BCUT2D eigenvalue weighted by atomic mass is 35.5. The second-order valence-corrected chi connectivity index (χ2v) is 4.84. The quantitative estimate of drug-likeness (QED) is 0.861. The van der Waals surface area contributed by atoms with Crippen LogP contribution in [0.5, 0.6) is 0 Å². The zero-order chi connectivity index (χ0) is 13.2. The maximum Gasteiger partial charge on any atom is 0.416 e. The predicted octanol–water partition coefficient (Wildman–Crippen LogP) is 4.40. The van der Waals surface area contributed by atoms with Gasteiger partial charge < -0.3 is 5.73 Å². The summed E-state index contributed by atoms with van der Waals surface area (Å²) in [5, 5.41) is 0.0768. The summed E-state index contributed by atoms with van der Waals surface area (Å²) in [5.41, 5.74) is 5.07. The van der Waals surface area contributed by atoms with E-state index in [0.717, 1.165) is 6.07 Å². The number of hydrogen-bond donors (Lipinski definition) is 1. The molecule has 0 unspecified atom stereocenters. The number of benzene rings is 1. The van der Waals surface area contributed by atoms with Gasteiger partial charge in [-0.05, 0) is 30.0 Å². The summed E-state index contributed by atoms with van der Waals surface area (Å²) < 4.78 is 38.4. The molecule has 1 atom stereocenters. The van der Waals surface area contributed by atoms with Crippen LogP contribution in [0.1, 0.15) is 37.4 Å². The van der Waals surface area contributed by atoms with E-state index in [1.807, 2.05) is 13.8 Å². The SMILES string of the molecule is CC(C)C[C@H](N)c1c(Cl)cccc1C(F)(F)F. The smallest absolute Gasteiger partial charge is 0.324 e. The number of rotatable bonds is 3. The lowest BCUT2D eigenvalue weighted by atomic mass is 9.94. The van der Waals surface area contributed by atoms with E-state index < -0.39 is 17.8 Å². The normalized spacial score (nSPS) is 14.1. The number of hydrogen-bond acceptors (Lipinski definition) is 1. The third-order valence-corrected chi connectivity index (χ3v) is 2.78. The van der Waals surface area contributed by atoms with Crippen molar-refractivity contribution in [3.8, 4) is 0 Å². The second kappa shape index (κ2) is 5.27. The van der Waals surface area contributed by atoms with Gasteiger partial charge in [0.25, 0.3) is 0 Å². The van der Waals surface area contributed by atoms with E-state index in [2.05, 4.69) is 0 Å². The molecule has 1 rings (SSSR count). The predicted molar refractivity (Wildman–Crippen MR) is 62.8 cm³/mol. The van der Waals surface area contributed by atoms with Crippen LogP contribution in [0.4, 0.5) is 13.2 Å². The summed E-state index contributed by atoms with van der Waals surface area (Å²) in [6.07, 6.45) is -3.96. The van der Waals surface area contributed by atoms with Crippen molar-refractivity contribution in [3.63, 3.8) is 0 Å². The van der Waals surface area contributed by atoms with Crippen molar-refractivity contribution < 1.29 is 13.2 Å². The van der Waals surface area contributed by atoms with Crippen LogP contribution in [0.3, 0.4) is 0 Å². The molecule has 0 heterocycles. The molecule has 0 saturated carbocycles. The van der Waals surface area contributed by atoms with Crippen molar-refractivity contribution >= 4 is 11.6 Å². The molecule has 0 aliphatic carbocycles. The van der Waals surface area contributed by atoms with E-state index >= 15 is 0 Å². The molecule has 0 radical (unpaired) electrons. The molecule has 0 aliphatic heterocycles. The monoisotopic (exact) mass is 265 g/mol. The summed E-state index contributed by atoms with van der Waals surface area (Å²) in [6.45, 7) is 3.81. The minimum Gasteiger partial charge on any atom is -0.324 e. The van der Waals surface area contributed by atoms with Crippen LogP contribution in [0.2, 0.25) is 5.02 Å². The van der Waals surface area contributed by atoms with Crippen LogP contribution in [0.15, 0.2) is 18.2 Å². The average molecular weight is 266 g/mol. The summed E-state index contributed by atoms with van der Waals surface area (Å²) in [5.74, 6) is 0.211. The van der Waals surface area contributed by atoms with Gasteiger partial charge in [0.1, 0.15) is 0 Å². The Hall–Kier alpha value is -0.740. The van der Waals surface area contributed by atoms with Crippen molar-refractivity contribution in [2.24, 2.45) is 11.7 Å². The van der Waals surface area contributed by atoms with Gasteiger partial charge in [-0.15, -0.1) is 0 Å². The van der Waals surface area contributed by atoms with Crippen molar-refractivity contribution in [1.82, 2.24) is 0 Å². The van der Waals surface area contributed by atoms with Crippen LogP contribution in [-0.4, -0.2) is 0 Å². The van der Waals surface area contributed by atoms with Crippen LogP contribution in [0, 0.1) is 5.92 Å². The molecule has 0 saturated heterocycles. The minimum absolute atomic E-state index is 0.00429. The third kappa shape index (κ3) is 3.61. The largest absolute Gasteiger partial charge is 0.416 e. The molecule has 1 aromatic carbocycles. The van der Waals surface area contributed by atoms with E-state index in [-0.39, 0.29) is 16.5 Å². The highest BCUT2D eigenvalue weighted by molar-refractivity contribution is 6.31. The Morgan fingerprint density at radius 3 is 2.35 bits per heavy atom. The molecule has 96 valence electrons. The van der Waals surface area contributed by atoms with Gasteiger partial charge in [0.05, 0.1) is 5.56 Å². The van der Waals surface area contributed by atoms with Crippen molar-refractivity contribution in [3.05, 3.63) is 34.3 Å². The maximum absolute atomic E-state index is 12.8. The van der Waals surface area contributed by atoms with Crippen LogP contribution in [-0.2, 0) is 6.18 Å². The number of nitrogens with two attached hydrogens (primary N) is 1. The highest BCUT2D eigenvalue weighted by Crippen LogP contribution is 2.38. The fourth-order valence-corrected chi connectivity index (χ4v) is 2.10. The molecular formula is C12H15ClF3N. The second-order valence-electron chi connectivity index (χ2n) is 4.43. The van der Waals surface area contributed by atoms with Gasteiger partial charge in [-0.1, -0.05) is 31.5 Å². The van der Waals surface area contributed by atoms with E-state index in [9.17, 15) is 13.2 Å². The number of alkyl halides is 3. The molecule has 17 heavy (non-hydrogen) atoms. The standard InChI is InChI=1S/C12H15ClF3N/c1-7(2)6-10(17)11-8(12(14,15)16)4-3-5-9(11)13/h3-5,7,10H,6,17H2,1-2H3/t10-/m0/s1. The van der Waals surface area contributed by atoms with Gasteiger partial charge in [-0.25, -0.2) is 0 Å². The Morgan fingerprint density at radius 2 is 1.88 bits per heavy atom. The number of halogens is 4. The molecule has 0 spiro atoms. The molecule has 0 fully saturated rings. The summed E-state index contributed by atoms with van der Waals surface area (Å²) in [7, 11) is 0. The third-order valence-electron chi connectivity index (χ3n) is 2.45. The van der Waals surface area contributed by atoms with Gasteiger partial charge in [0.15, 0.2) is 0 Å². The molecule has 0 aromatic heterocycles. The van der Waals surface area contributed by atoms with Gasteiger partial charge in [0.2, 0.25) is 0 Å². The van der Waals surface area contributed by atoms with E-state index in [1.165, 1.54) is 12.1 Å². The lowest BCUT2D eigenvalue weighted by Gasteiger charge is -2.21. The molecular weight excluding hydrogens is 251 g/mol. The van der Waals surface area contributed by atoms with Crippen LogP contribution in [0.25, 0.3) is 0 Å². The molecule has 1 aromatic rings. The Labute approximate surface area is 104 Å².